The molecule has 0 unspecified atom stereocenters. The SMILES string of the molecule is COc1cccc(C(=O)OCc2cc(-c3ccc4c(c3)OCCO4)on2)c1OC. The summed E-state index contributed by atoms with van der Waals surface area (Å²) >= 11 is 0. The summed E-state index contributed by atoms with van der Waals surface area (Å²) in [4.78, 5) is 12.5. The van der Waals surface area contributed by atoms with Crippen molar-refractivity contribution in [3.63, 3.8) is 0 Å². The van der Waals surface area contributed by atoms with Gasteiger partial charge in [-0.1, -0.05) is 11.2 Å². The van der Waals surface area contributed by atoms with Crippen molar-refractivity contribution in [1.82, 2.24) is 5.16 Å². The first-order valence-electron chi connectivity index (χ1n) is 8.93. The quantitative estimate of drug-likeness (QED) is 0.584. The number of benzene rings is 2. The number of carbonyl (C=O) groups is 1. The van der Waals surface area contributed by atoms with Crippen molar-refractivity contribution in [1.29, 1.82) is 0 Å². The molecule has 2 heterocycles. The number of hydrogen-bond donors (Lipinski definition) is 0. The molecule has 8 nitrogen and oxygen atoms in total. The van der Waals surface area contributed by atoms with E-state index in [0.29, 0.717) is 47.7 Å². The minimum Gasteiger partial charge on any atom is -0.493 e. The highest BCUT2D eigenvalue weighted by Crippen LogP contribution is 2.35. The lowest BCUT2D eigenvalue weighted by Crippen LogP contribution is -2.15. The Balaban J connectivity index is 1.46. The van der Waals surface area contributed by atoms with Crippen LogP contribution < -0.4 is 18.9 Å². The number of esters is 1. The van der Waals surface area contributed by atoms with Gasteiger partial charge in [0.1, 0.15) is 31.1 Å². The van der Waals surface area contributed by atoms with Crippen LogP contribution in [0.2, 0.25) is 0 Å². The zero-order valence-electron chi connectivity index (χ0n) is 16.0. The number of rotatable bonds is 6. The molecule has 0 N–H and O–H groups in total. The van der Waals surface area contributed by atoms with E-state index >= 15 is 0 Å². The molecule has 0 bridgehead atoms. The minimum absolute atomic E-state index is 0.0484. The van der Waals surface area contributed by atoms with Crippen LogP contribution in [-0.2, 0) is 11.3 Å². The maximum absolute atomic E-state index is 12.5. The lowest BCUT2D eigenvalue weighted by atomic mass is 10.1. The third-order valence-electron chi connectivity index (χ3n) is 4.36. The van der Waals surface area contributed by atoms with Gasteiger partial charge in [0.25, 0.3) is 0 Å². The van der Waals surface area contributed by atoms with E-state index in [2.05, 4.69) is 5.16 Å². The minimum atomic E-state index is -0.551. The molecule has 0 saturated heterocycles. The van der Waals surface area contributed by atoms with E-state index in [-0.39, 0.29) is 12.2 Å². The zero-order valence-corrected chi connectivity index (χ0v) is 16.0. The summed E-state index contributed by atoms with van der Waals surface area (Å²) in [5.41, 5.74) is 1.53. The second-order valence-electron chi connectivity index (χ2n) is 6.16. The summed E-state index contributed by atoms with van der Waals surface area (Å²) in [6.45, 7) is 0.983. The molecule has 8 heteroatoms. The fourth-order valence-electron chi connectivity index (χ4n) is 2.98. The monoisotopic (exact) mass is 397 g/mol. The first-order valence-corrected chi connectivity index (χ1v) is 8.93. The van der Waals surface area contributed by atoms with E-state index in [4.69, 9.17) is 28.2 Å². The second-order valence-corrected chi connectivity index (χ2v) is 6.16. The van der Waals surface area contributed by atoms with Crippen LogP contribution in [0.4, 0.5) is 0 Å². The summed E-state index contributed by atoms with van der Waals surface area (Å²) in [6.07, 6.45) is 0. The third-order valence-corrected chi connectivity index (χ3v) is 4.36. The van der Waals surface area contributed by atoms with Gasteiger partial charge in [-0.3, -0.25) is 0 Å². The van der Waals surface area contributed by atoms with Crippen molar-refractivity contribution < 1.29 is 33.0 Å². The molecule has 0 atom stereocenters. The van der Waals surface area contributed by atoms with Crippen LogP contribution >= 0.6 is 0 Å². The van der Waals surface area contributed by atoms with Gasteiger partial charge in [0.15, 0.2) is 28.8 Å². The van der Waals surface area contributed by atoms with E-state index in [1.165, 1.54) is 14.2 Å². The fraction of sp³-hybridized carbons (Fsp3) is 0.238. The Bertz CT molecular complexity index is 1030. The van der Waals surface area contributed by atoms with Crippen LogP contribution in [0.15, 0.2) is 47.0 Å². The van der Waals surface area contributed by atoms with Gasteiger partial charge in [-0.15, -0.1) is 0 Å². The van der Waals surface area contributed by atoms with Gasteiger partial charge >= 0.3 is 5.97 Å². The second kappa shape index (κ2) is 8.14. The van der Waals surface area contributed by atoms with Crippen LogP contribution in [0.3, 0.4) is 0 Å². The van der Waals surface area contributed by atoms with Crippen molar-refractivity contribution in [3.8, 4) is 34.3 Å². The van der Waals surface area contributed by atoms with E-state index in [1.807, 2.05) is 18.2 Å². The molecule has 3 aromatic rings. The Morgan fingerprint density at radius 1 is 1.03 bits per heavy atom. The van der Waals surface area contributed by atoms with E-state index < -0.39 is 5.97 Å². The zero-order chi connectivity index (χ0) is 20.2. The molecular weight excluding hydrogens is 378 g/mol. The van der Waals surface area contributed by atoms with Gasteiger partial charge in [0.05, 0.1) is 14.2 Å². The first kappa shape index (κ1) is 18.7. The molecule has 1 aliphatic rings. The first-order chi connectivity index (χ1) is 14.2. The van der Waals surface area contributed by atoms with Crippen LogP contribution in [0, 0.1) is 0 Å². The highest BCUT2D eigenvalue weighted by Gasteiger charge is 2.19. The van der Waals surface area contributed by atoms with E-state index in [0.717, 1.165) is 5.56 Å². The highest BCUT2D eigenvalue weighted by molar-refractivity contribution is 5.93. The maximum atomic E-state index is 12.5. The number of ether oxygens (including phenoxy) is 5. The Kier molecular flexibility index (Phi) is 5.24. The van der Waals surface area contributed by atoms with Gasteiger partial charge in [0, 0.05) is 11.6 Å². The third kappa shape index (κ3) is 3.82. The Morgan fingerprint density at radius 2 is 1.86 bits per heavy atom. The standard InChI is InChI=1S/C21H19NO7/c1-24-17-5-3-4-15(20(17)25-2)21(23)28-12-14-11-18(29-22-14)13-6-7-16-19(10-13)27-9-8-26-16/h3-7,10-11H,8-9,12H2,1-2H3. The Morgan fingerprint density at radius 3 is 2.66 bits per heavy atom. The van der Waals surface area contributed by atoms with Crippen molar-refractivity contribution in [2.24, 2.45) is 0 Å². The van der Waals surface area contributed by atoms with Crippen LogP contribution in [0.25, 0.3) is 11.3 Å². The summed E-state index contributed by atoms with van der Waals surface area (Å²) in [5.74, 6) is 2.10. The predicted molar refractivity (Wildman–Crippen MR) is 102 cm³/mol. The number of para-hydroxylation sites is 1. The fourth-order valence-corrected chi connectivity index (χ4v) is 2.98. The number of nitrogens with zero attached hydrogens (tertiary/aromatic N) is 1. The molecule has 29 heavy (non-hydrogen) atoms. The lowest BCUT2D eigenvalue weighted by molar-refractivity contribution is 0.0460. The molecule has 1 aliphatic heterocycles. The maximum Gasteiger partial charge on any atom is 0.342 e. The number of fused-ring (bicyclic) bond motifs is 1. The number of aromatic nitrogens is 1. The van der Waals surface area contributed by atoms with Crippen LogP contribution in [0.5, 0.6) is 23.0 Å². The molecule has 1 aromatic heterocycles. The molecule has 0 amide bonds. The topological polar surface area (TPSA) is 89.3 Å². The lowest BCUT2D eigenvalue weighted by Gasteiger charge is -2.18. The number of methoxy groups -OCH3 is 2. The summed E-state index contributed by atoms with van der Waals surface area (Å²) in [6, 6.07) is 12.2. The molecule has 0 saturated carbocycles. The molecule has 0 radical (unpaired) electrons. The number of carbonyl (C=O) groups excluding carboxylic acids is 1. The van der Waals surface area contributed by atoms with Crippen molar-refractivity contribution in [2.45, 2.75) is 6.61 Å². The van der Waals surface area contributed by atoms with Gasteiger partial charge in [0.2, 0.25) is 0 Å². The average Bonchev–Trinajstić information content (AvgIpc) is 3.25. The van der Waals surface area contributed by atoms with E-state index in [9.17, 15) is 4.79 Å². The molecule has 0 fully saturated rings. The highest BCUT2D eigenvalue weighted by atomic mass is 16.6. The smallest absolute Gasteiger partial charge is 0.342 e. The molecular formula is C21H19NO7. The van der Waals surface area contributed by atoms with E-state index in [1.54, 1.807) is 24.3 Å². The largest absolute Gasteiger partial charge is 0.493 e. The van der Waals surface area contributed by atoms with Gasteiger partial charge in [-0.2, -0.15) is 0 Å². The molecule has 150 valence electrons. The molecule has 0 spiro atoms. The summed E-state index contributed by atoms with van der Waals surface area (Å²) < 4.78 is 32.3. The molecule has 4 rings (SSSR count). The molecule has 0 aliphatic carbocycles. The normalized spacial score (nSPS) is 12.3. The van der Waals surface area contributed by atoms with Gasteiger partial charge in [-0.25, -0.2) is 4.79 Å². The summed E-state index contributed by atoms with van der Waals surface area (Å²) in [7, 11) is 2.97. The van der Waals surface area contributed by atoms with Crippen molar-refractivity contribution >= 4 is 5.97 Å². The summed E-state index contributed by atoms with van der Waals surface area (Å²) in [5, 5.41) is 3.97. The van der Waals surface area contributed by atoms with Gasteiger partial charge < -0.3 is 28.2 Å². The predicted octanol–water partition coefficient (Wildman–Crippen LogP) is 3.49. The van der Waals surface area contributed by atoms with Crippen LogP contribution in [-0.4, -0.2) is 38.6 Å². The van der Waals surface area contributed by atoms with Gasteiger partial charge in [-0.05, 0) is 30.3 Å². The Labute approximate surface area is 166 Å². The van der Waals surface area contributed by atoms with Crippen molar-refractivity contribution in [2.75, 3.05) is 27.4 Å². The Hall–Kier alpha value is -3.68. The number of hydrogen-bond acceptors (Lipinski definition) is 8. The molecule has 2 aromatic carbocycles. The average molecular weight is 397 g/mol. The van der Waals surface area contributed by atoms with Crippen LogP contribution in [0.1, 0.15) is 16.1 Å². The van der Waals surface area contributed by atoms with Crippen molar-refractivity contribution in [3.05, 3.63) is 53.7 Å².